The van der Waals surface area contributed by atoms with Crippen LogP contribution in [0.4, 0.5) is 0 Å². The molecule has 1 amide bonds. The number of hydroxylamine groups is 2. The summed E-state index contributed by atoms with van der Waals surface area (Å²) in [6.07, 6.45) is 5.62. The molecule has 0 saturated carbocycles. The fraction of sp³-hybridized carbons (Fsp3) is 0.375. The van der Waals surface area contributed by atoms with Crippen molar-refractivity contribution in [3.8, 4) is 0 Å². The zero-order valence-electron chi connectivity index (χ0n) is 17.7. The summed E-state index contributed by atoms with van der Waals surface area (Å²) in [6.45, 7) is 5.69. The molecule has 0 aliphatic heterocycles. The molecule has 3 rings (SSSR count). The molecule has 0 bridgehead atoms. The highest BCUT2D eigenvalue weighted by molar-refractivity contribution is 5.92. The van der Waals surface area contributed by atoms with Crippen molar-refractivity contribution in [2.24, 2.45) is 5.92 Å². The number of allylic oxidation sites excluding steroid dienone is 2. The zero-order chi connectivity index (χ0) is 21.7. The first-order valence-corrected chi connectivity index (χ1v) is 10.2. The maximum atomic E-state index is 12.6. The van der Waals surface area contributed by atoms with Gasteiger partial charge in [0.15, 0.2) is 0 Å². The molecule has 1 aromatic carbocycles. The van der Waals surface area contributed by atoms with Gasteiger partial charge in [0.2, 0.25) is 0 Å². The Morgan fingerprint density at radius 1 is 1.20 bits per heavy atom. The highest BCUT2D eigenvalue weighted by Gasteiger charge is 2.27. The maximum Gasteiger partial charge on any atom is 0.309 e. The number of rotatable bonds is 5. The summed E-state index contributed by atoms with van der Waals surface area (Å²) in [5.41, 5.74) is 2.47. The molecular formula is C24H28N2O4. The second kappa shape index (κ2) is 9.22. The van der Waals surface area contributed by atoms with Gasteiger partial charge in [-0.1, -0.05) is 36.4 Å². The molecule has 30 heavy (non-hydrogen) atoms. The molecule has 1 aliphatic rings. The van der Waals surface area contributed by atoms with Crippen molar-refractivity contribution in [2.45, 2.75) is 52.2 Å². The number of nitrogens with zero attached hydrogens (tertiary/aromatic N) is 2. The smallest absolute Gasteiger partial charge is 0.309 e. The van der Waals surface area contributed by atoms with Crippen molar-refractivity contribution < 1.29 is 19.5 Å². The van der Waals surface area contributed by atoms with E-state index in [0.29, 0.717) is 24.3 Å². The van der Waals surface area contributed by atoms with Crippen molar-refractivity contribution in [3.63, 3.8) is 0 Å². The number of carbonyl (C=O) groups excluding carboxylic acids is 2. The first-order valence-electron chi connectivity index (χ1n) is 10.2. The van der Waals surface area contributed by atoms with E-state index in [9.17, 15) is 14.8 Å². The van der Waals surface area contributed by atoms with Crippen LogP contribution in [0.25, 0.3) is 5.57 Å². The van der Waals surface area contributed by atoms with Crippen LogP contribution in [-0.4, -0.2) is 32.7 Å². The van der Waals surface area contributed by atoms with Crippen LogP contribution in [0.5, 0.6) is 0 Å². The van der Waals surface area contributed by atoms with E-state index in [1.165, 1.54) is 0 Å². The first kappa shape index (κ1) is 21.7. The van der Waals surface area contributed by atoms with Crippen LogP contribution in [0, 0.1) is 5.92 Å². The van der Waals surface area contributed by atoms with Gasteiger partial charge in [-0.15, -0.1) is 0 Å². The van der Waals surface area contributed by atoms with Crippen LogP contribution in [0.15, 0.2) is 54.7 Å². The molecule has 1 atom stereocenters. The fourth-order valence-corrected chi connectivity index (χ4v) is 3.40. The van der Waals surface area contributed by atoms with E-state index in [1.54, 1.807) is 12.3 Å². The molecule has 158 valence electrons. The Kier molecular flexibility index (Phi) is 6.67. The van der Waals surface area contributed by atoms with Gasteiger partial charge in [-0.05, 0) is 68.9 Å². The van der Waals surface area contributed by atoms with Crippen LogP contribution in [0.3, 0.4) is 0 Å². The van der Waals surface area contributed by atoms with E-state index in [0.717, 1.165) is 16.7 Å². The Morgan fingerprint density at radius 2 is 1.93 bits per heavy atom. The third-order valence-corrected chi connectivity index (χ3v) is 4.91. The number of hydrogen-bond acceptors (Lipinski definition) is 5. The molecule has 0 saturated heterocycles. The molecule has 6 heteroatoms. The Balaban J connectivity index is 1.67. The Bertz CT molecular complexity index is 932. The summed E-state index contributed by atoms with van der Waals surface area (Å²) < 4.78 is 5.49. The highest BCUT2D eigenvalue weighted by atomic mass is 16.6. The molecule has 1 unspecified atom stereocenters. The number of esters is 1. The SMILES string of the molecule is CC(C)(C)OC(=O)C1CC=C(c2ccnc(C(=O)N(O)Cc3ccccc3)c2)CC1. The van der Waals surface area contributed by atoms with Gasteiger partial charge < -0.3 is 4.74 Å². The number of hydrogen-bond donors (Lipinski definition) is 1. The van der Waals surface area contributed by atoms with E-state index in [4.69, 9.17) is 4.74 Å². The van der Waals surface area contributed by atoms with Gasteiger partial charge in [-0.3, -0.25) is 19.8 Å². The lowest BCUT2D eigenvalue weighted by atomic mass is 9.86. The van der Waals surface area contributed by atoms with Gasteiger partial charge in [0, 0.05) is 6.20 Å². The van der Waals surface area contributed by atoms with Crippen LogP contribution < -0.4 is 0 Å². The third-order valence-electron chi connectivity index (χ3n) is 4.91. The highest BCUT2D eigenvalue weighted by Crippen LogP contribution is 2.31. The van der Waals surface area contributed by atoms with Crippen molar-refractivity contribution in [3.05, 3.63) is 71.6 Å². The fourth-order valence-electron chi connectivity index (χ4n) is 3.40. The van der Waals surface area contributed by atoms with Crippen molar-refractivity contribution in [1.82, 2.24) is 10.0 Å². The van der Waals surface area contributed by atoms with Gasteiger partial charge in [0.05, 0.1) is 12.5 Å². The Labute approximate surface area is 177 Å². The number of carbonyl (C=O) groups is 2. The van der Waals surface area contributed by atoms with E-state index < -0.39 is 11.5 Å². The second-order valence-electron chi connectivity index (χ2n) is 8.51. The van der Waals surface area contributed by atoms with E-state index in [2.05, 4.69) is 4.98 Å². The van der Waals surface area contributed by atoms with Crippen molar-refractivity contribution in [2.75, 3.05) is 0 Å². The summed E-state index contributed by atoms with van der Waals surface area (Å²) in [5, 5.41) is 10.9. The minimum Gasteiger partial charge on any atom is -0.460 e. The van der Waals surface area contributed by atoms with E-state index in [1.807, 2.05) is 63.2 Å². The summed E-state index contributed by atoms with van der Waals surface area (Å²) in [5.74, 6) is -0.862. The van der Waals surface area contributed by atoms with Crippen molar-refractivity contribution >= 4 is 17.4 Å². The standard InChI is InChI=1S/C24H28N2O4/c1-24(2,3)30-23(28)19-11-9-18(10-12-19)20-13-14-25-21(15-20)22(27)26(29)16-17-7-5-4-6-8-17/h4-9,13-15,19,29H,10-12,16H2,1-3H3. The molecule has 6 nitrogen and oxygen atoms in total. The minimum absolute atomic E-state index is 0.0891. The number of benzene rings is 1. The quantitative estimate of drug-likeness (QED) is 0.443. The maximum absolute atomic E-state index is 12.6. The molecular weight excluding hydrogens is 380 g/mol. The molecule has 1 N–H and O–H groups in total. The van der Waals surface area contributed by atoms with Crippen LogP contribution in [0.2, 0.25) is 0 Å². The Hall–Kier alpha value is -2.99. The summed E-state index contributed by atoms with van der Waals surface area (Å²) >= 11 is 0. The zero-order valence-corrected chi connectivity index (χ0v) is 17.7. The van der Waals surface area contributed by atoms with Crippen molar-refractivity contribution in [1.29, 1.82) is 0 Å². The molecule has 1 aromatic heterocycles. The van der Waals surface area contributed by atoms with Gasteiger partial charge in [0.1, 0.15) is 11.3 Å². The number of amides is 1. The summed E-state index contributed by atoms with van der Waals surface area (Å²) in [4.78, 5) is 29.0. The lowest BCUT2D eigenvalue weighted by Gasteiger charge is -2.26. The average molecular weight is 408 g/mol. The topological polar surface area (TPSA) is 79.7 Å². The minimum atomic E-state index is -0.552. The molecule has 0 spiro atoms. The third kappa shape index (κ3) is 5.76. The number of pyridine rings is 1. The van der Waals surface area contributed by atoms with Crippen LogP contribution >= 0.6 is 0 Å². The number of ether oxygens (including phenoxy) is 1. The largest absolute Gasteiger partial charge is 0.460 e. The van der Waals surface area contributed by atoms with E-state index in [-0.39, 0.29) is 24.1 Å². The lowest BCUT2D eigenvalue weighted by molar-refractivity contribution is -0.160. The van der Waals surface area contributed by atoms with Gasteiger partial charge >= 0.3 is 5.97 Å². The van der Waals surface area contributed by atoms with Crippen LogP contribution in [0.1, 0.15) is 61.6 Å². The molecule has 2 aromatic rings. The predicted octanol–water partition coefficient (Wildman–Crippen LogP) is 4.64. The average Bonchev–Trinajstić information content (AvgIpc) is 2.73. The van der Waals surface area contributed by atoms with E-state index >= 15 is 0 Å². The van der Waals surface area contributed by atoms with Gasteiger partial charge in [0.25, 0.3) is 5.91 Å². The molecule has 1 aliphatic carbocycles. The second-order valence-corrected chi connectivity index (χ2v) is 8.51. The predicted molar refractivity (Wildman–Crippen MR) is 114 cm³/mol. The Morgan fingerprint density at radius 3 is 2.57 bits per heavy atom. The molecule has 1 heterocycles. The monoisotopic (exact) mass is 408 g/mol. The number of aromatic nitrogens is 1. The van der Waals surface area contributed by atoms with Gasteiger partial charge in [-0.25, -0.2) is 5.06 Å². The first-order chi connectivity index (χ1) is 14.2. The molecule has 0 fully saturated rings. The van der Waals surface area contributed by atoms with Crippen LogP contribution in [-0.2, 0) is 16.1 Å². The lowest BCUT2D eigenvalue weighted by Crippen LogP contribution is -2.29. The summed E-state index contributed by atoms with van der Waals surface area (Å²) in [7, 11) is 0. The molecule has 0 radical (unpaired) electrons. The summed E-state index contributed by atoms with van der Waals surface area (Å²) in [6, 6.07) is 12.8. The normalized spacial score (nSPS) is 16.5. The van der Waals surface area contributed by atoms with Gasteiger partial charge in [-0.2, -0.15) is 0 Å².